The van der Waals surface area contributed by atoms with Gasteiger partial charge < -0.3 is 9.84 Å². The monoisotopic (exact) mass is 394 g/mol. The van der Waals surface area contributed by atoms with Crippen molar-refractivity contribution >= 4 is 17.3 Å². The zero-order chi connectivity index (χ0) is 19.6. The van der Waals surface area contributed by atoms with E-state index in [0.717, 1.165) is 46.7 Å². The molecule has 0 unspecified atom stereocenters. The van der Waals surface area contributed by atoms with Crippen LogP contribution in [0.4, 0.5) is 14.5 Å². The Kier molecular flexibility index (Phi) is 5.55. The van der Waals surface area contributed by atoms with Gasteiger partial charge in [0.15, 0.2) is 5.82 Å². The highest BCUT2D eigenvalue weighted by Gasteiger charge is 2.14. The molecule has 0 aliphatic rings. The van der Waals surface area contributed by atoms with Gasteiger partial charge in [-0.2, -0.15) is 9.78 Å². The number of aromatic nitrogens is 3. The van der Waals surface area contributed by atoms with Crippen LogP contribution in [0.2, 0.25) is 5.02 Å². The van der Waals surface area contributed by atoms with Gasteiger partial charge in [0, 0.05) is 18.2 Å². The summed E-state index contributed by atoms with van der Waals surface area (Å²) < 4.78 is 32.8. The van der Waals surface area contributed by atoms with E-state index in [1.165, 1.54) is 6.20 Å². The lowest BCUT2D eigenvalue weighted by Gasteiger charge is -2.11. The summed E-state index contributed by atoms with van der Waals surface area (Å²) in [7, 11) is 0. The van der Waals surface area contributed by atoms with Crippen molar-refractivity contribution in [2.45, 2.75) is 26.7 Å². The van der Waals surface area contributed by atoms with Crippen LogP contribution in [0.15, 0.2) is 33.7 Å². The molecule has 0 aliphatic heterocycles. The molecule has 3 aromatic rings. The summed E-state index contributed by atoms with van der Waals surface area (Å²) >= 11 is 6.10. The molecule has 1 aromatic carbocycles. The predicted octanol–water partition coefficient (Wildman–Crippen LogP) is 3.81. The normalized spacial score (nSPS) is 11.0. The number of hydrogen-bond acceptors (Lipinski definition) is 5. The van der Waals surface area contributed by atoms with Crippen LogP contribution in [-0.2, 0) is 6.42 Å². The standard InChI is InChI=1S/C18H17ClF2N4O2/c1-10-13(11(2)27-24-10)4-3-7-22-15-9-23-25(18(26)17(15)19)16-6-5-12(20)8-14(16)21/h5-6,8-9,22H,3-4,7H2,1-2H3. The highest BCUT2D eigenvalue weighted by molar-refractivity contribution is 6.32. The molecule has 3 rings (SSSR count). The van der Waals surface area contributed by atoms with Crippen molar-refractivity contribution in [3.8, 4) is 5.69 Å². The molecular formula is C18H17ClF2N4O2. The van der Waals surface area contributed by atoms with Crippen molar-refractivity contribution in [3.63, 3.8) is 0 Å². The third-order valence-electron chi connectivity index (χ3n) is 4.16. The first-order valence-corrected chi connectivity index (χ1v) is 8.65. The van der Waals surface area contributed by atoms with E-state index in [-0.39, 0.29) is 10.7 Å². The molecule has 9 heteroatoms. The van der Waals surface area contributed by atoms with Gasteiger partial charge in [-0.05, 0) is 38.8 Å². The zero-order valence-corrected chi connectivity index (χ0v) is 15.5. The second kappa shape index (κ2) is 7.87. The van der Waals surface area contributed by atoms with Gasteiger partial charge in [0.05, 0.1) is 17.6 Å². The quantitative estimate of drug-likeness (QED) is 0.643. The average Bonchev–Trinajstić information content (AvgIpc) is 2.94. The molecular weight excluding hydrogens is 378 g/mol. The number of benzene rings is 1. The van der Waals surface area contributed by atoms with Crippen molar-refractivity contribution in [2.24, 2.45) is 0 Å². The molecule has 1 N–H and O–H groups in total. The lowest BCUT2D eigenvalue weighted by Crippen LogP contribution is -2.23. The lowest BCUT2D eigenvalue weighted by molar-refractivity contribution is 0.392. The van der Waals surface area contributed by atoms with Crippen molar-refractivity contribution in [1.82, 2.24) is 14.9 Å². The van der Waals surface area contributed by atoms with E-state index in [0.29, 0.717) is 18.3 Å². The number of aryl methyl sites for hydroxylation is 2. The van der Waals surface area contributed by atoms with Crippen LogP contribution in [0.3, 0.4) is 0 Å². The fourth-order valence-corrected chi connectivity index (χ4v) is 2.92. The van der Waals surface area contributed by atoms with Crippen LogP contribution in [0.1, 0.15) is 23.4 Å². The Bertz CT molecular complexity index is 1010. The Hall–Kier alpha value is -2.74. The van der Waals surface area contributed by atoms with Crippen molar-refractivity contribution in [3.05, 3.63) is 68.4 Å². The minimum absolute atomic E-state index is 0.119. The van der Waals surface area contributed by atoms with E-state index in [1.54, 1.807) is 0 Å². The highest BCUT2D eigenvalue weighted by Crippen LogP contribution is 2.19. The molecule has 0 saturated carbocycles. The predicted molar refractivity (Wildman–Crippen MR) is 97.5 cm³/mol. The third-order valence-corrected chi connectivity index (χ3v) is 4.52. The lowest BCUT2D eigenvalue weighted by atomic mass is 10.1. The van der Waals surface area contributed by atoms with Crippen LogP contribution in [0.5, 0.6) is 0 Å². The summed E-state index contributed by atoms with van der Waals surface area (Å²) in [6, 6.07) is 2.85. The fraction of sp³-hybridized carbons (Fsp3) is 0.278. The highest BCUT2D eigenvalue weighted by atomic mass is 35.5. The van der Waals surface area contributed by atoms with Crippen LogP contribution >= 0.6 is 11.6 Å². The van der Waals surface area contributed by atoms with E-state index in [4.69, 9.17) is 16.1 Å². The minimum atomic E-state index is -0.902. The smallest absolute Gasteiger partial charge is 0.292 e. The number of hydrogen-bond donors (Lipinski definition) is 1. The molecule has 0 aliphatic carbocycles. The summed E-state index contributed by atoms with van der Waals surface area (Å²) in [5.74, 6) is -0.857. The molecule has 27 heavy (non-hydrogen) atoms. The fourth-order valence-electron chi connectivity index (χ4n) is 2.73. The van der Waals surface area contributed by atoms with Crippen LogP contribution in [0, 0.1) is 25.5 Å². The van der Waals surface area contributed by atoms with Gasteiger partial charge in [-0.15, -0.1) is 0 Å². The Morgan fingerprint density at radius 2 is 2.07 bits per heavy atom. The van der Waals surface area contributed by atoms with Gasteiger partial charge in [-0.1, -0.05) is 16.8 Å². The van der Waals surface area contributed by atoms with Gasteiger partial charge >= 0.3 is 0 Å². The Balaban J connectivity index is 1.71. The average molecular weight is 395 g/mol. The topological polar surface area (TPSA) is 73.0 Å². The first-order valence-electron chi connectivity index (χ1n) is 8.27. The molecule has 0 spiro atoms. The summed E-state index contributed by atoms with van der Waals surface area (Å²) in [6.07, 6.45) is 2.86. The molecule has 2 aromatic heterocycles. The van der Waals surface area contributed by atoms with Crippen molar-refractivity contribution in [1.29, 1.82) is 0 Å². The number of rotatable bonds is 6. The summed E-state index contributed by atoms with van der Waals surface area (Å²) in [5, 5.41) is 10.8. The van der Waals surface area contributed by atoms with E-state index >= 15 is 0 Å². The molecule has 0 amide bonds. The molecule has 6 nitrogen and oxygen atoms in total. The molecule has 142 valence electrons. The first kappa shape index (κ1) is 19.0. The maximum Gasteiger partial charge on any atom is 0.292 e. The summed E-state index contributed by atoms with van der Waals surface area (Å²) in [5.41, 5.74) is 1.39. The van der Waals surface area contributed by atoms with Gasteiger partial charge in [0.2, 0.25) is 0 Å². The largest absolute Gasteiger partial charge is 0.382 e. The maximum absolute atomic E-state index is 13.9. The number of anilines is 1. The number of halogens is 3. The van der Waals surface area contributed by atoms with E-state index in [9.17, 15) is 13.6 Å². The van der Waals surface area contributed by atoms with Gasteiger partial charge in [-0.25, -0.2) is 8.78 Å². The number of nitrogens with zero attached hydrogens (tertiary/aromatic N) is 3. The molecule has 2 heterocycles. The molecule has 0 saturated heterocycles. The maximum atomic E-state index is 13.9. The van der Waals surface area contributed by atoms with E-state index < -0.39 is 17.2 Å². The van der Waals surface area contributed by atoms with Gasteiger partial charge in [-0.3, -0.25) is 4.79 Å². The second-order valence-electron chi connectivity index (χ2n) is 6.02. The zero-order valence-electron chi connectivity index (χ0n) is 14.7. The van der Waals surface area contributed by atoms with Crippen LogP contribution in [0.25, 0.3) is 5.69 Å². The molecule has 0 atom stereocenters. The van der Waals surface area contributed by atoms with Crippen molar-refractivity contribution in [2.75, 3.05) is 11.9 Å². The van der Waals surface area contributed by atoms with Gasteiger partial charge in [0.25, 0.3) is 5.56 Å². The summed E-state index contributed by atoms with van der Waals surface area (Å²) in [4.78, 5) is 12.4. The Morgan fingerprint density at radius 1 is 1.30 bits per heavy atom. The van der Waals surface area contributed by atoms with Gasteiger partial charge in [0.1, 0.15) is 22.3 Å². The molecule has 0 bridgehead atoms. The first-order chi connectivity index (χ1) is 12.9. The molecule has 0 radical (unpaired) electrons. The van der Waals surface area contributed by atoms with E-state index in [1.807, 2.05) is 13.8 Å². The van der Waals surface area contributed by atoms with E-state index in [2.05, 4.69) is 15.6 Å². The molecule has 0 fully saturated rings. The van der Waals surface area contributed by atoms with Crippen LogP contribution in [-0.4, -0.2) is 21.5 Å². The minimum Gasteiger partial charge on any atom is -0.382 e. The Morgan fingerprint density at radius 3 is 2.74 bits per heavy atom. The Labute approximate surface area is 158 Å². The third kappa shape index (κ3) is 4.00. The van der Waals surface area contributed by atoms with Crippen molar-refractivity contribution < 1.29 is 13.3 Å². The van der Waals surface area contributed by atoms with Crippen LogP contribution < -0.4 is 10.9 Å². The summed E-state index contributed by atoms with van der Waals surface area (Å²) in [6.45, 7) is 4.28. The second-order valence-corrected chi connectivity index (χ2v) is 6.40. The number of nitrogens with one attached hydrogen (secondary N) is 1. The SMILES string of the molecule is Cc1noc(C)c1CCCNc1cnn(-c2ccc(F)cc2F)c(=O)c1Cl.